The molecule has 0 fully saturated rings. The molecule has 0 bridgehead atoms. The van der Waals surface area contributed by atoms with Crippen LogP contribution in [0.25, 0.3) is 10.9 Å². The predicted molar refractivity (Wildman–Crippen MR) is 81.0 cm³/mol. The van der Waals surface area contributed by atoms with Gasteiger partial charge in [-0.3, -0.25) is 4.79 Å². The van der Waals surface area contributed by atoms with Crippen LogP contribution in [0, 0.1) is 0 Å². The van der Waals surface area contributed by atoms with Gasteiger partial charge in [0.2, 0.25) is 5.91 Å². The first-order valence-corrected chi connectivity index (χ1v) is 7.06. The summed E-state index contributed by atoms with van der Waals surface area (Å²) in [5.74, 6) is 0.885. The van der Waals surface area contributed by atoms with E-state index in [1.807, 2.05) is 42.0 Å². The number of carbonyl (C=O) groups is 1. The first kappa shape index (κ1) is 14.4. The number of nitrogens with one attached hydrogen (secondary N) is 1. The van der Waals surface area contributed by atoms with Crippen LogP contribution in [-0.2, 0) is 11.3 Å². The number of aromatic nitrogens is 1. The molecule has 1 heterocycles. The fourth-order valence-corrected chi connectivity index (χ4v) is 2.42. The van der Waals surface area contributed by atoms with E-state index in [9.17, 15) is 4.79 Å². The van der Waals surface area contributed by atoms with Crippen molar-refractivity contribution in [2.24, 2.45) is 0 Å². The lowest BCUT2D eigenvalue weighted by Crippen LogP contribution is -2.34. The normalized spacial score (nSPS) is 12.3. The van der Waals surface area contributed by atoms with Gasteiger partial charge in [0.1, 0.15) is 12.3 Å². The largest absolute Gasteiger partial charge is 0.497 e. The van der Waals surface area contributed by atoms with Crippen LogP contribution in [0.4, 0.5) is 0 Å². The average molecular weight is 274 g/mol. The lowest BCUT2D eigenvalue weighted by molar-refractivity contribution is -0.122. The van der Waals surface area contributed by atoms with Gasteiger partial charge in [0, 0.05) is 23.1 Å². The molecule has 1 aromatic heterocycles. The highest BCUT2D eigenvalue weighted by atomic mass is 16.5. The molecule has 4 heteroatoms. The lowest BCUT2D eigenvalue weighted by Gasteiger charge is -2.13. The summed E-state index contributed by atoms with van der Waals surface area (Å²) >= 11 is 0. The van der Waals surface area contributed by atoms with Gasteiger partial charge in [0.15, 0.2) is 0 Å². The Morgan fingerprint density at radius 1 is 1.40 bits per heavy atom. The van der Waals surface area contributed by atoms with Crippen molar-refractivity contribution in [3.05, 3.63) is 30.5 Å². The quantitative estimate of drug-likeness (QED) is 0.880. The monoisotopic (exact) mass is 274 g/mol. The van der Waals surface area contributed by atoms with E-state index in [-0.39, 0.29) is 11.9 Å². The van der Waals surface area contributed by atoms with E-state index in [0.717, 1.165) is 29.5 Å². The van der Waals surface area contributed by atoms with E-state index in [1.54, 1.807) is 7.11 Å². The van der Waals surface area contributed by atoms with Gasteiger partial charge in [-0.1, -0.05) is 13.3 Å². The molecule has 0 aliphatic heterocycles. The van der Waals surface area contributed by atoms with Gasteiger partial charge in [-0.05, 0) is 37.6 Å². The molecule has 0 radical (unpaired) electrons. The van der Waals surface area contributed by atoms with Crippen LogP contribution in [0.2, 0.25) is 0 Å². The second-order valence-corrected chi connectivity index (χ2v) is 5.13. The van der Waals surface area contributed by atoms with Crippen molar-refractivity contribution in [2.75, 3.05) is 7.11 Å². The molecule has 1 amide bonds. The summed E-state index contributed by atoms with van der Waals surface area (Å²) in [5.41, 5.74) is 1.05. The topological polar surface area (TPSA) is 43.3 Å². The van der Waals surface area contributed by atoms with Crippen LogP contribution in [0.1, 0.15) is 26.7 Å². The van der Waals surface area contributed by atoms with Crippen LogP contribution in [-0.4, -0.2) is 23.6 Å². The summed E-state index contributed by atoms with van der Waals surface area (Å²) in [4.78, 5) is 12.0. The highest BCUT2D eigenvalue weighted by molar-refractivity contribution is 5.84. The molecule has 0 saturated carbocycles. The summed E-state index contributed by atoms with van der Waals surface area (Å²) in [6.07, 6.45) is 4.03. The van der Waals surface area contributed by atoms with Crippen molar-refractivity contribution in [1.82, 2.24) is 9.88 Å². The number of nitrogens with zero attached hydrogens (tertiary/aromatic N) is 1. The SMILES string of the molecule is CCCC(C)NC(=O)Cn1ccc2cc(OC)ccc21. The van der Waals surface area contributed by atoms with E-state index < -0.39 is 0 Å². The third kappa shape index (κ3) is 3.32. The van der Waals surface area contributed by atoms with E-state index in [1.165, 1.54) is 0 Å². The van der Waals surface area contributed by atoms with E-state index in [2.05, 4.69) is 12.2 Å². The maximum absolute atomic E-state index is 12.0. The van der Waals surface area contributed by atoms with Crippen molar-refractivity contribution in [3.8, 4) is 5.75 Å². The van der Waals surface area contributed by atoms with Gasteiger partial charge in [0.25, 0.3) is 0 Å². The smallest absolute Gasteiger partial charge is 0.240 e. The number of fused-ring (bicyclic) bond motifs is 1. The molecule has 2 rings (SSSR count). The number of amides is 1. The highest BCUT2D eigenvalue weighted by Crippen LogP contribution is 2.21. The molecule has 0 spiro atoms. The number of rotatable bonds is 6. The Morgan fingerprint density at radius 2 is 2.20 bits per heavy atom. The fourth-order valence-electron chi connectivity index (χ4n) is 2.42. The zero-order chi connectivity index (χ0) is 14.5. The summed E-state index contributed by atoms with van der Waals surface area (Å²) in [6, 6.07) is 8.10. The number of methoxy groups -OCH3 is 1. The zero-order valence-electron chi connectivity index (χ0n) is 12.3. The number of hydrogen-bond acceptors (Lipinski definition) is 2. The van der Waals surface area contributed by atoms with Crippen LogP contribution in [0.5, 0.6) is 5.75 Å². The number of carbonyl (C=O) groups excluding carboxylic acids is 1. The van der Waals surface area contributed by atoms with Crippen molar-refractivity contribution in [1.29, 1.82) is 0 Å². The lowest BCUT2D eigenvalue weighted by atomic mass is 10.2. The third-order valence-corrected chi connectivity index (χ3v) is 3.42. The Balaban J connectivity index is 2.08. The van der Waals surface area contributed by atoms with Crippen LogP contribution < -0.4 is 10.1 Å². The second kappa shape index (κ2) is 6.46. The third-order valence-electron chi connectivity index (χ3n) is 3.42. The maximum atomic E-state index is 12.0. The number of ether oxygens (including phenoxy) is 1. The Morgan fingerprint density at radius 3 is 2.90 bits per heavy atom. The second-order valence-electron chi connectivity index (χ2n) is 5.13. The average Bonchev–Trinajstić information content (AvgIpc) is 2.81. The summed E-state index contributed by atoms with van der Waals surface area (Å²) < 4.78 is 7.16. The summed E-state index contributed by atoms with van der Waals surface area (Å²) in [6.45, 7) is 4.51. The molecule has 1 unspecified atom stereocenters. The van der Waals surface area contributed by atoms with E-state index in [0.29, 0.717) is 6.54 Å². The van der Waals surface area contributed by atoms with Crippen molar-refractivity contribution in [3.63, 3.8) is 0 Å². The molecule has 108 valence electrons. The van der Waals surface area contributed by atoms with E-state index >= 15 is 0 Å². The standard InChI is InChI=1S/C16H22N2O2/c1-4-5-12(2)17-16(19)11-18-9-8-13-10-14(20-3)6-7-15(13)18/h6-10,12H,4-5,11H2,1-3H3,(H,17,19). The minimum atomic E-state index is 0.0549. The predicted octanol–water partition coefficient (Wildman–Crippen LogP) is 2.95. The van der Waals surface area contributed by atoms with E-state index in [4.69, 9.17) is 4.74 Å². The Kier molecular flexibility index (Phi) is 4.66. The first-order valence-electron chi connectivity index (χ1n) is 7.06. The Hall–Kier alpha value is -1.97. The molecular formula is C16H22N2O2. The van der Waals surface area contributed by atoms with Crippen molar-refractivity contribution >= 4 is 16.8 Å². The van der Waals surface area contributed by atoms with Crippen molar-refractivity contribution in [2.45, 2.75) is 39.3 Å². The molecule has 0 aliphatic carbocycles. The maximum Gasteiger partial charge on any atom is 0.240 e. The Bertz CT molecular complexity index is 589. The molecule has 1 aromatic carbocycles. The van der Waals surface area contributed by atoms with Gasteiger partial charge >= 0.3 is 0 Å². The summed E-state index contributed by atoms with van der Waals surface area (Å²) in [5, 5.41) is 4.10. The summed E-state index contributed by atoms with van der Waals surface area (Å²) in [7, 11) is 1.65. The van der Waals surface area contributed by atoms with Gasteiger partial charge in [-0.15, -0.1) is 0 Å². The minimum Gasteiger partial charge on any atom is -0.497 e. The van der Waals surface area contributed by atoms with Crippen LogP contribution in [0.15, 0.2) is 30.5 Å². The minimum absolute atomic E-state index is 0.0549. The Labute approximate surface area is 119 Å². The van der Waals surface area contributed by atoms with Gasteiger partial charge in [-0.2, -0.15) is 0 Å². The van der Waals surface area contributed by atoms with Crippen LogP contribution in [0.3, 0.4) is 0 Å². The van der Waals surface area contributed by atoms with Gasteiger partial charge < -0.3 is 14.6 Å². The first-order chi connectivity index (χ1) is 9.63. The van der Waals surface area contributed by atoms with Gasteiger partial charge in [-0.25, -0.2) is 0 Å². The molecule has 2 aromatic rings. The fraction of sp³-hybridized carbons (Fsp3) is 0.438. The zero-order valence-corrected chi connectivity index (χ0v) is 12.3. The number of hydrogen-bond donors (Lipinski definition) is 1. The number of benzene rings is 1. The molecule has 1 atom stereocenters. The highest BCUT2D eigenvalue weighted by Gasteiger charge is 2.09. The molecule has 20 heavy (non-hydrogen) atoms. The molecule has 0 saturated heterocycles. The molecule has 1 N–H and O–H groups in total. The molecular weight excluding hydrogens is 252 g/mol. The molecule has 4 nitrogen and oxygen atoms in total. The molecule has 0 aliphatic rings. The van der Waals surface area contributed by atoms with Crippen molar-refractivity contribution < 1.29 is 9.53 Å². The van der Waals surface area contributed by atoms with Crippen LogP contribution >= 0.6 is 0 Å². The van der Waals surface area contributed by atoms with Gasteiger partial charge in [0.05, 0.1) is 7.11 Å².